The molecule has 39 heavy (non-hydrogen) atoms. The summed E-state index contributed by atoms with van der Waals surface area (Å²) >= 11 is 0. The zero-order chi connectivity index (χ0) is 28.0. The number of nitro benzene ring substituents is 1. The van der Waals surface area contributed by atoms with Gasteiger partial charge in [0.25, 0.3) is 15.7 Å². The summed E-state index contributed by atoms with van der Waals surface area (Å²) in [4.78, 5) is 25.5. The van der Waals surface area contributed by atoms with Crippen molar-refractivity contribution in [2.24, 2.45) is 5.92 Å². The van der Waals surface area contributed by atoms with Crippen LogP contribution in [-0.2, 0) is 21.2 Å². The number of hydrogen-bond acceptors (Lipinski definition) is 7. The van der Waals surface area contributed by atoms with E-state index in [2.05, 4.69) is 12.1 Å². The lowest BCUT2D eigenvalue weighted by atomic mass is 9.90. The number of hydrogen-bond donors (Lipinski definition) is 0. The number of amides is 1. The average Bonchev–Trinajstić information content (AvgIpc) is 2.96. The second-order valence-corrected chi connectivity index (χ2v) is 11.1. The number of likely N-dealkylation sites (tertiary alicyclic amines) is 1. The highest BCUT2D eigenvalue weighted by molar-refractivity contribution is 7.93. The molecule has 4 rings (SSSR count). The van der Waals surface area contributed by atoms with Crippen molar-refractivity contribution < 1.29 is 27.6 Å². The molecule has 0 spiro atoms. The molecule has 0 atom stereocenters. The van der Waals surface area contributed by atoms with Gasteiger partial charge in [-0.15, -0.1) is 0 Å². The molecule has 0 saturated carbocycles. The molecule has 1 fully saturated rings. The van der Waals surface area contributed by atoms with E-state index >= 15 is 0 Å². The maximum absolute atomic E-state index is 13.9. The second-order valence-electron chi connectivity index (χ2n) is 9.29. The number of nitro groups is 1. The van der Waals surface area contributed by atoms with E-state index in [0.717, 1.165) is 35.7 Å². The van der Waals surface area contributed by atoms with Crippen LogP contribution in [0, 0.1) is 16.0 Å². The summed E-state index contributed by atoms with van der Waals surface area (Å²) in [5, 5.41) is 11.7. The first-order chi connectivity index (χ1) is 18.7. The van der Waals surface area contributed by atoms with Crippen molar-refractivity contribution in [1.29, 1.82) is 0 Å². The molecule has 10 nitrogen and oxygen atoms in total. The first kappa shape index (κ1) is 27.9. The lowest BCUT2D eigenvalue weighted by Gasteiger charge is -2.34. The number of rotatable bonds is 10. The molecule has 11 heteroatoms. The van der Waals surface area contributed by atoms with Crippen LogP contribution in [0.15, 0.2) is 77.7 Å². The van der Waals surface area contributed by atoms with Gasteiger partial charge in [-0.1, -0.05) is 42.5 Å². The molecule has 1 aliphatic rings. The van der Waals surface area contributed by atoms with Gasteiger partial charge < -0.3 is 14.4 Å². The predicted octanol–water partition coefficient (Wildman–Crippen LogP) is 4.29. The zero-order valence-electron chi connectivity index (χ0n) is 21.9. The first-order valence-corrected chi connectivity index (χ1v) is 14.0. The van der Waals surface area contributed by atoms with Gasteiger partial charge in [-0.25, -0.2) is 8.42 Å². The molecule has 206 valence electrons. The minimum Gasteiger partial charge on any atom is -0.497 e. The van der Waals surface area contributed by atoms with Crippen LogP contribution >= 0.6 is 0 Å². The van der Waals surface area contributed by atoms with Crippen molar-refractivity contribution in [1.82, 2.24) is 4.90 Å². The Morgan fingerprint density at radius 2 is 1.67 bits per heavy atom. The third-order valence-corrected chi connectivity index (χ3v) is 8.71. The van der Waals surface area contributed by atoms with Crippen LogP contribution in [0.1, 0.15) is 18.4 Å². The molecular formula is C28H31N3O7S. The summed E-state index contributed by atoms with van der Waals surface area (Å²) in [7, 11) is -1.72. The molecule has 3 aromatic carbocycles. The minimum atomic E-state index is -4.54. The third kappa shape index (κ3) is 6.31. The second kappa shape index (κ2) is 12.2. The van der Waals surface area contributed by atoms with Crippen LogP contribution < -0.4 is 13.8 Å². The van der Waals surface area contributed by atoms with Gasteiger partial charge in [0.15, 0.2) is 4.90 Å². The van der Waals surface area contributed by atoms with E-state index in [9.17, 15) is 23.3 Å². The van der Waals surface area contributed by atoms with Gasteiger partial charge >= 0.3 is 0 Å². The molecule has 1 heterocycles. The van der Waals surface area contributed by atoms with E-state index < -0.39 is 38.0 Å². The molecule has 0 bridgehead atoms. The van der Waals surface area contributed by atoms with E-state index in [1.165, 1.54) is 44.0 Å². The fourth-order valence-corrected chi connectivity index (χ4v) is 6.38. The molecule has 3 aromatic rings. The van der Waals surface area contributed by atoms with Crippen molar-refractivity contribution in [3.8, 4) is 11.5 Å². The Morgan fingerprint density at radius 3 is 2.31 bits per heavy atom. The van der Waals surface area contributed by atoms with E-state index in [1.54, 1.807) is 11.0 Å². The van der Waals surface area contributed by atoms with E-state index in [4.69, 9.17) is 9.47 Å². The lowest BCUT2D eigenvalue weighted by molar-refractivity contribution is -0.387. The number of nitrogens with zero attached hydrogens (tertiary/aromatic N) is 3. The Kier molecular flexibility index (Phi) is 8.70. The number of ether oxygens (including phenoxy) is 2. The molecule has 0 unspecified atom stereocenters. The lowest BCUT2D eigenvalue weighted by Crippen LogP contribution is -2.46. The molecule has 0 radical (unpaired) electrons. The fourth-order valence-electron chi connectivity index (χ4n) is 4.79. The number of piperidine rings is 1. The normalized spacial score (nSPS) is 14.1. The van der Waals surface area contributed by atoms with Gasteiger partial charge in [0.05, 0.1) is 24.8 Å². The van der Waals surface area contributed by atoms with Crippen LogP contribution in [0.25, 0.3) is 0 Å². The van der Waals surface area contributed by atoms with Crippen LogP contribution in [-0.4, -0.2) is 58.0 Å². The maximum atomic E-state index is 13.9. The quantitative estimate of drug-likeness (QED) is 0.271. The van der Waals surface area contributed by atoms with Gasteiger partial charge in [-0.3, -0.25) is 19.2 Å². The summed E-state index contributed by atoms with van der Waals surface area (Å²) < 4.78 is 39.4. The summed E-state index contributed by atoms with van der Waals surface area (Å²) in [6, 6.07) is 19.7. The van der Waals surface area contributed by atoms with E-state index in [1.807, 2.05) is 18.2 Å². The molecule has 1 saturated heterocycles. The van der Waals surface area contributed by atoms with E-state index in [-0.39, 0.29) is 11.4 Å². The monoisotopic (exact) mass is 553 g/mol. The smallest absolute Gasteiger partial charge is 0.289 e. The molecule has 1 amide bonds. The van der Waals surface area contributed by atoms with Crippen molar-refractivity contribution in [2.75, 3.05) is 38.2 Å². The highest BCUT2D eigenvalue weighted by atomic mass is 32.2. The SMILES string of the molecule is COc1ccc(N(CC(=O)N2CCC(Cc3ccccc3)CC2)S(=O)(=O)c2ccccc2[N+](=O)[O-])c(OC)c1. The predicted molar refractivity (Wildman–Crippen MR) is 147 cm³/mol. The van der Waals surface area contributed by atoms with Gasteiger partial charge in [-0.05, 0) is 48.9 Å². The van der Waals surface area contributed by atoms with Crippen molar-refractivity contribution in [3.63, 3.8) is 0 Å². The summed E-state index contributed by atoms with van der Waals surface area (Å²) in [6.07, 6.45) is 2.51. The van der Waals surface area contributed by atoms with Gasteiger partial charge in [-0.2, -0.15) is 0 Å². The zero-order valence-corrected chi connectivity index (χ0v) is 22.7. The van der Waals surface area contributed by atoms with Crippen molar-refractivity contribution >= 4 is 27.3 Å². The minimum absolute atomic E-state index is 0.0729. The van der Waals surface area contributed by atoms with Crippen LogP contribution in [0.5, 0.6) is 11.5 Å². The average molecular weight is 554 g/mol. The molecule has 0 N–H and O–H groups in total. The Hall–Kier alpha value is -4.12. The molecule has 1 aliphatic heterocycles. The molecular weight excluding hydrogens is 522 g/mol. The van der Waals surface area contributed by atoms with Crippen LogP contribution in [0.2, 0.25) is 0 Å². The summed E-state index contributed by atoms with van der Waals surface area (Å²) in [5.74, 6) is 0.592. The van der Waals surface area contributed by atoms with Gasteiger partial charge in [0.1, 0.15) is 18.0 Å². The Morgan fingerprint density at radius 1 is 1.00 bits per heavy atom. The Bertz CT molecular complexity index is 1420. The van der Waals surface area contributed by atoms with Crippen molar-refractivity contribution in [3.05, 3.63) is 88.5 Å². The largest absolute Gasteiger partial charge is 0.497 e. The van der Waals surface area contributed by atoms with Crippen LogP contribution in [0.3, 0.4) is 0 Å². The maximum Gasteiger partial charge on any atom is 0.289 e. The highest BCUT2D eigenvalue weighted by Crippen LogP contribution is 2.37. The summed E-state index contributed by atoms with van der Waals surface area (Å²) in [5.41, 5.74) is 0.739. The number of carbonyl (C=O) groups excluding carboxylic acids is 1. The number of anilines is 1. The number of benzene rings is 3. The molecule has 0 aromatic heterocycles. The third-order valence-electron chi connectivity index (χ3n) is 6.90. The van der Waals surface area contributed by atoms with Crippen LogP contribution in [0.4, 0.5) is 11.4 Å². The Balaban J connectivity index is 1.62. The first-order valence-electron chi connectivity index (χ1n) is 12.5. The summed E-state index contributed by atoms with van der Waals surface area (Å²) in [6.45, 7) is 0.450. The number of para-hydroxylation sites is 1. The number of sulfonamides is 1. The Labute approximate surface area is 228 Å². The number of methoxy groups -OCH3 is 2. The fraction of sp³-hybridized carbons (Fsp3) is 0.321. The molecule has 0 aliphatic carbocycles. The number of carbonyl (C=O) groups is 1. The standard InChI is InChI=1S/C28H31N3O7S/c1-37-23-12-13-24(26(19-23)38-2)30(39(35,36)27-11-7-6-10-25(27)31(33)34)20-28(32)29-16-14-22(15-17-29)18-21-8-4-3-5-9-21/h3-13,19,22H,14-18,20H2,1-2H3. The van der Waals surface area contributed by atoms with Gasteiger partial charge in [0, 0.05) is 25.2 Å². The van der Waals surface area contributed by atoms with E-state index in [0.29, 0.717) is 24.8 Å². The van der Waals surface area contributed by atoms with Gasteiger partial charge in [0.2, 0.25) is 5.91 Å². The van der Waals surface area contributed by atoms with Crippen molar-refractivity contribution in [2.45, 2.75) is 24.2 Å². The highest BCUT2D eigenvalue weighted by Gasteiger charge is 2.36. The topological polar surface area (TPSA) is 119 Å².